The minimum Gasteiger partial charge on any atom is -0.311 e. The van der Waals surface area contributed by atoms with Crippen LogP contribution >= 0.6 is 0 Å². The molecule has 0 N–H and O–H groups in total. The van der Waals surface area contributed by atoms with Crippen molar-refractivity contribution in [2.24, 2.45) is 0 Å². The quantitative estimate of drug-likeness (QED) is 0.140. The maximum absolute atomic E-state index is 2.62. The Morgan fingerprint density at radius 1 is 0.273 bits per heavy atom. The van der Waals surface area contributed by atoms with Crippen LogP contribution in [0, 0.1) is 0 Å². The molecule has 4 heteroatoms. The van der Waals surface area contributed by atoms with Crippen LogP contribution in [-0.2, 0) is 0 Å². The van der Waals surface area contributed by atoms with Crippen LogP contribution in [0.25, 0.3) is 55.3 Å². The Bertz CT molecular complexity index is 3130. The molecule has 0 saturated carbocycles. The number of nitrogens with zero attached hydrogens (tertiary/aromatic N) is 2. The van der Waals surface area contributed by atoms with E-state index in [-0.39, 0.29) is 0 Å². The van der Waals surface area contributed by atoms with Crippen molar-refractivity contribution < 1.29 is 0 Å². The Labute approximate surface area is 390 Å². The van der Waals surface area contributed by atoms with Gasteiger partial charge in [0.2, 0.25) is 0 Å². The van der Waals surface area contributed by atoms with Crippen LogP contribution in [0.4, 0.5) is 34.1 Å². The van der Waals surface area contributed by atoms with Gasteiger partial charge in [0.15, 0.2) is 0 Å². The third-order valence-corrected chi connectivity index (χ3v) is 21.6. The number of hydrogen-bond donors (Lipinski definition) is 0. The lowest BCUT2D eigenvalue weighted by molar-refractivity contribution is 1.28. The van der Waals surface area contributed by atoms with Gasteiger partial charge < -0.3 is 9.80 Å². The zero-order chi connectivity index (χ0) is 44.6. The van der Waals surface area contributed by atoms with E-state index in [0.717, 1.165) is 34.1 Å². The lowest BCUT2D eigenvalue weighted by atomic mass is 9.91. The zero-order valence-electron chi connectivity index (χ0n) is 37.8. The lowest BCUT2D eigenvalue weighted by Gasteiger charge is -2.29. The molecule has 2 nitrogen and oxygen atoms in total. The number of benzene rings is 10. The lowest BCUT2D eigenvalue weighted by Crippen LogP contribution is -2.63. The second-order valence-corrected chi connectivity index (χ2v) is 27.5. The molecular weight excluding hydrogens is 829 g/mol. The highest BCUT2D eigenvalue weighted by molar-refractivity contribution is 7.13. The number of para-hydroxylation sites is 4. The minimum atomic E-state index is -2.19. The third kappa shape index (κ3) is 6.35. The number of hydrogen-bond acceptors (Lipinski definition) is 2. The smallest absolute Gasteiger partial charge is 0.113 e. The SMILES string of the molecule is C[Si]1(C)c2cc(-c3ccc(N(c4ccccc4)c4ccccc4)cc3)ccc2-c2c1c1c(c3ccccc23)-c2ccc(-c3ccc(N(c4ccccc4)c4ccccc4)cc3)cc2[Si]1(C)C. The van der Waals surface area contributed by atoms with E-state index in [0.29, 0.717) is 0 Å². The Morgan fingerprint density at radius 2 is 0.545 bits per heavy atom. The second-order valence-electron chi connectivity index (χ2n) is 18.9. The molecular formula is C62H50N2Si2. The molecule has 0 aromatic heterocycles. The van der Waals surface area contributed by atoms with Gasteiger partial charge in [-0.15, -0.1) is 0 Å². The van der Waals surface area contributed by atoms with E-state index in [4.69, 9.17) is 0 Å². The molecule has 0 bridgehead atoms. The van der Waals surface area contributed by atoms with Crippen molar-refractivity contribution in [3.63, 3.8) is 0 Å². The van der Waals surface area contributed by atoms with E-state index < -0.39 is 16.1 Å². The number of rotatable bonds is 8. The molecule has 0 fully saturated rings. The molecule has 2 heterocycles. The Morgan fingerprint density at radius 3 is 0.864 bits per heavy atom. The monoisotopic (exact) mass is 878 g/mol. The summed E-state index contributed by atoms with van der Waals surface area (Å²) in [5, 5.41) is 9.22. The first-order chi connectivity index (χ1) is 32.3. The predicted octanol–water partition coefficient (Wildman–Crippen LogP) is 14.7. The van der Waals surface area contributed by atoms with Gasteiger partial charge in [0.25, 0.3) is 0 Å². The largest absolute Gasteiger partial charge is 0.311 e. The molecule has 0 amide bonds. The van der Waals surface area contributed by atoms with Crippen molar-refractivity contribution in [2.45, 2.75) is 26.2 Å². The highest BCUT2D eigenvalue weighted by atomic mass is 28.3. The van der Waals surface area contributed by atoms with Crippen LogP contribution in [-0.4, -0.2) is 16.1 Å². The van der Waals surface area contributed by atoms with E-state index in [1.54, 1.807) is 20.7 Å². The van der Waals surface area contributed by atoms with Crippen molar-refractivity contribution >= 4 is 81.8 Å². The van der Waals surface area contributed by atoms with Crippen LogP contribution < -0.4 is 30.5 Å². The molecule has 12 rings (SSSR count). The fourth-order valence-electron chi connectivity index (χ4n) is 11.2. The average Bonchev–Trinajstić information content (AvgIpc) is 3.75. The summed E-state index contributed by atoms with van der Waals surface area (Å²) in [6.45, 7) is 10.5. The normalized spacial score (nSPS) is 13.7. The van der Waals surface area contributed by atoms with Gasteiger partial charge in [0.1, 0.15) is 16.1 Å². The minimum absolute atomic E-state index is 1.14. The average molecular weight is 879 g/mol. The Hall–Kier alpha value is -7.51. The molecule has 2 aliphatic rings. The molecule has 0 saturated heterocycles. The molecule has 10 aromatic carbocycles. The zero-order valence-corrected chi connectivity index (χ0v) is 39.8. The summed E-state index contributed by atoms with van der Waals surface area (Å²) in [5.74, 6) is 0. The molecule has 0 spiro atoms. The van der Waals surface area contributed by atoms with Crippen molar-refractivity contribution in [2.75, 3.05) is 9.80 Å². The van der Waals surface area contributed by atoms with Gasteiger partial charge in [-0.1, -0.05) is 184 Å². The predicted molar refractivity (Wildman–Crippen MR) is 289 cm³/mol. The summed E-state index contributed by atoms with van der Waals surface area (Å²) in [4.78, 5) is 4.67. The summed E-state index contributed by atoms with van der Waals surface area (Å²) in [6, 6.07) is 85.0. The van der Waals surface area contributed by atoms with Gasteiger partial charge in [0.05, 0.1) is 0 Å². The molecule has 0 aliphatic carbocycles. The van der Waals surface area contributed by atoms with E-state index in [2.05, 4.69) is 267 Å². The van der Waals surface area contributed by atoms with Crippen LogP contribution in [0.15, 0.2) is 231 Å². The van der Waals surface area contributed by atoms with Crippen molar-refractivity contribution in [3.05, 3.63) is 231 Å². The summed E-state index contributed by atoms with van der Waals surface area (Å²) >= 11 is 0. The van der Waals surface area contributed by atoms with Gasteiger partial charge in [-0.25, -0.2) is 0 Å². The van der Waals surface area contributed by atoms with Crippen molar-refractivity contribution in [1.29, 1.82) is 0 Å². The number of fused-ring (bicyclic) bond motifs is 10. The standard InChI is InChI=1S/C62H50N2Si2/c1-65(2)57-41-45(43-29-35-51(36-30-43)63(47-19-9-5-10-20-47)48-21-11-6-12-22-48)33-39-55(57)59-53-27-17-18-28-54(53)60-56-40-34-46(42-58(56)66(3,4)62(60)61(59)65)44-31-37-52(38-32-44)64(49-23-13-7-14-24-49)50-25-15-8-16-26-50/h5-42H,1-4H3. The van der Waals surface area contributed by atoms with E-state index in [1.807, 2.05) is 0 Å². The molecule has 66 heavy (non-hydrogen) atoms. The second kappa shape index (κ2) is 15.6. The van der Waals surface area contributed by atoms with Gasteiger partial charge >= 0.3 is 0 Å². The first-order valence-corrected chi connectivity index (χ1v) is 29.2. The molecule has 0 atom stereocenters. The van der Waals surface area contributed by atoms with E-state index in [1.165, 1.54) is 55.3 Å². The highest BCUT2D eigenvalue weighted by Crippen LogP contribution is 2.44. The third-order valence-electron chi connectivity index (χ3n) is 14.4. The van der Waals surface area contributed by atoms with E-state index >= 15 is 0 Å². The topological polar surface area (TPSA) is 6.48 Å². The fourth-order valence-corrected chi connectivity index (χ4v) is 19.7. The Balaban J connectivity index is 0.921. The molecule has 316 valence electrons. The maximum Gasteiger partial charge on any atom is 0.113 e. The van der Waals surface area contributed by atoms with Gasteiger partial charge in [-0.05, 0) is 149 Å². The summed E-state index contributed by atoms with van der Waals surface area (Å²) < 4.78 is 0. The van der Waals surface area contributed by atoms with E-state index in [9.17, 15) is 0 Å². The molecule has 0 unspecified atom stereocenters. The van der Waals surface area contributed by atoms with Crippen molar-refractivity contribution in [3.8, 4) is 44.5 Å². The summed E-state index contributed by atoms with van der Waals surface area (Å²) in [5.41, 5.74) is 17.8. The molecule has 0 radical (unpaired) electrons. The van der Waals surface area contributed by atoms with Gasteiger partial charge in [-0.3, -0.25) is 0 Å². The molecule has 2 aliphatic heterocycles. The summed E-state index contributed by atoms with van der Waals surface area (Å²) in [6.07, 6.45) is 0. The van der Waals surface area contributed by atoms with Crippen LogP contribution in [0.1, 0.15) is 0 Å². The Kier molecular flexibility index (Phi) is 9.46. The first-order valence-electron chi connectivity index (χ1n) is 23.2. The van der Waals surface area contributed by atoms with Crippen LogP contribution in [0.5, 0.6) is 0 Å². The fraction of sp³-hybridized carbons (Fsp3) is 0.0645. The summed E-state index contributed by atoms with van der Waals surface area (Å²) in [7, 11) is -4.39. The highest BCUT2D eigenvalue weighted by Gasteiger charge is 2.49. The first kappa shape index (κ1) is 40.0. The van der Waals surface area contributed by atoms with Crippen LogP contribution in [0.2, 0.25) is 26.2 Å². The maximum atomic E-state index is 2.62. The van der Waals surface area contributed by atoms with Gasteiger partial charge in [-0.2, -0.15) is 0 Å². The van der Waals surface area contributed by atoms with Crippen molar-refractivity contribution in [1.82, 2.24) is 0 Å². The van der Waals surface area contributed by atoms with Gasteiger partial charge in [0, 0.05) is 34.1 Å². The van der Waals surface area contributed by atoms with Crippen LogP contribution in [0.3, 0.4) is 0 Å². The number of anilines is 6. The molecule has 10 aromatic rings.